The molecular weight excluding hydrogens is 238 g/mol. The first kappa shape index (κ1) is 12.2. The van der Waals surface area contributed by atoms with E-state index in [4.69, 9.17) is 5.11 Å². The van der Waals surface area contributed by atoms with Crippen molar-refractivity contribution in [2.45, 2.75) is 6.54 Å². The van der Waals surface area contributed by atoms with E-state index >= 15 is 0 Å². The van der Waals surface area contributed by atoms with E-state index < -0.39 is 5.97 Å². The number of piperazine rings is 1. The van der Waals surface area contributed by atoms with Crippen molar-refractivity contribution in [1.82, 2.24) is 15.2 Å². The highest BCUT2D eigenvalue weighted by molar-refractivity contribution is 5.99. The molecule has 2 amide bonds. The van der Waals surface area contributed by atoms with Crippen LogP contribution in [0, 0.1) is 0 Å². The number of nitrogens with one attached hydrogen (secondary N) is 1. The monoisotopic (exact) mass is 249 g/mol. The van der Waals surface area contributed by atoms with Crippen molar-refractivity contribution >= 4 is 17.8 Å². The number of carboxylic acids is 1. The van der Waals surface area contributed by atoms with Gasteiger partial charge in [-0.1, -0.05) is 0 Å². The highest BCUT2D eigenvalue weighted by Gasteiger charge is 2.22. The molecule has 0 unspecified atom stereocenters. The lowest BCUT2D eigenvalue weighted by atomic mass is 10.2. The molecule has 0 aliphatic carbocycles. The minimum Gasteiger partial charge on any atom is -0.478 e. The largest absolute Gasteiger partial charge is 0.478 e. The summed E-state index contributed by atoms with van der Waals surface area (Å²) in [7, 11) is 0. The van der Waals surface area contributed by atoms with Crippen LogP contribution in [0.4, 0.5) is 0 Å². The molecular formula is C11H11N3O4. The van der Waals surface area contributed by atoms with E-state index in [1.165, 1.54) is 12.3 Å². The fourth-order valence-electron chi connectivity index (χ4n) is 1.68. The number of imide groups is 1. The Morgan fingerprint density at radius 2 is 2.00 bits per heavy atom. The van der Waals surface area contributed by atoms with Crippen LogP contribution in [0.25, 0.3) is 0 Å². The summed E-state index contributed by atoms with van der Waals surface area (Å²) in [5.74, 6) is -1.72. The van der Waals surface area contributed by atoms with Gasteiger partial charge in [0.2, 0.25) is 11.8 Å². The third-order valence-electron chi connectivity index (χ3n) is 2.47. The van der Waals surface area contributed by atoms with Crippen molar-refractivity contribution in [3.8, 4) is 0 Å². The number of carbonyl (C=O) groups excluding carboxylic acids is 2. The maximum absolute atomic E-state index is 11.1. The molecule has 7 heteroatoms. The van der Waals surface area contributed by atoms with Crippen molar-refractivity contribution in [3.63, 3.8) is 0 Å². The molecule has 94 valence electrons. The highest BCUT2D eigenvalue weighted by Crippen LogP contribution is 2.05. The molecule has 2 rings (SSSR count). The summed E-state index contributed by atoms with van der Waals surface area (Å²) in [5.41, 5.74) is 0.716. The van der Waals surface area contributed by atoms with Crippen LogP contribution in [-0.2, 0) is 16.1 Å². The molecule has 7 nitrogen and oxygen atoms in total. The number of amides is 2. The van der Waals surface area contributed by atoms with Crippen molar-refractivity contribution in [1.29, 1.82) is 0 Å². The molecule has 0 radical (unpaired) electrons. The van der Waals surface area contributed by atoms with Gasteiger partial charge in [0.25, 0.3) is 0 Å². The number of rotatable bonds is 3. The summed E-state index contributed by atoms with van der Waals surface area (Å²) in [4.78, 5) is 38.6. The zero-order valence-electron chi connectivity index (χ0n) is 9.42. The van der Waals surface area contributed by atoms with E-state index in [0.717, 1.165) is 0 Å². The first-order chi connectivity index (χ1) is 8.54. The van der Waals surface area contributed by atoms with Crippen molar-refractivity contribution in [2.24, 2.45) is 0 Å². The van der Waals surface area contributed by atoms with Gasteiger partial charge in [-0.15, -0.1) is 0 Å². The molecule has 1 fully saturated rings. The molecule has 2 N–H and O–H groups in total. The molecule has 0 spiro atoms. The lowest BCUT2D eigenvalue weighted by Gasteiger charge is -2.24. The normalized spacial score (nSPS) is 16.4. The quantitative estimate of drug-likeness (QED) is 0.683. The van der Waals surface area contributed by atoms with Gasteiger partial charge in [-0.25, -0.2) is 4.79 Å². The minimum atomic E-state index is -1.04. The first-order valence-electron chi connectivity index (χ1n) is 5.28. The van der Waals surface area contributed by atoms with Gasteiger partial charge >= 0.3 is 5.97 Å². The predicted molar refractivity (Wildman–Crippen MR) is 59.6 cm³/mol. The van der Waals surface area contributed by atoms with E-state index in [9.17, 15) is 14.4 Å². The van der Waals surface area contributed by atoms with E-state index in [2.05, 4.69) is 10.3 Å². The number of aromatic nitrogens is 1. The summed E-state index contributed by atoms with van der Waals surface area (Å²) >= 11 is 0. The second kappa shape index (κ2) is 4.92. The average molecular weight is 249 g/mol. The van der Waals surface area contributed by atoms with Crippen LogP contribution < -0.4 is 5.32 Å². The lowest BCUT2D eigenvalue weighted by Crippen LogP contribution is -2.50. The molecule has 0 saturated carbocycles. The smallest absolute Gasteiger partial charge is 0.337 e. The summed E-state index contributed by atoms with van der Waals surface area (Å²) in [6, 6.07) is 3.01. The van der Waals surface area contributed by atoms with E-state index in [1.54, 1.807) is 11.0 Å². The molecule has 0 atom stereocenters. The van der Waals surface area contributed by atoms with Gasteiger partial charge in [0.1, 0.15) is 0 Å². The molecule has 1 saturated heterocycles. The van der Waals surface area contributed by atoms with Gasteiger partial charge < -0.3 is 5.11 Å². The fraction of sp³-hybridized carbons (Fsp3) is 0.273. The van der Waals surface area contributed by atoms with E-state index in [1.807, 2.05) is 0 Å². The molecule has 0 aromatic carbocycles. The topological polar surface area (TPSA) is 99.6 Å². The van der Waals surface area contributed by atoms with Crippen LogP contribution in [0.2, 0.25) is 0 Å². The minimum absolute atomic E-state index is 0.103. The van der Waals surface area contributed by atoms with Crippen LogP contribution >= 0.6 is 0 Å². The average Bonchev–Trinajstić information content (AvgIpc) is 2.28. The van der Waals surface area contributed by atoms with Gasteiger partial charge in [0, 0.05) is 12.7 Å². The zero-order valence-corrected chi connectivity index (χ0v) is 9.42. The number of carboxylic acid groups (broad SMARTS) is 1. The van der Waals surface area contributed by atoms with Crippen molar-refractivity contribution in [2.75, 3.05) is 13.1 Å². The number of hydrogen-bond acceptors (Lipinski definition) is 5. The second-order valence-electron chi connectivity index (χ2n) is 3.96. The molecule has 1 aromatic heterocycles. The summed E-state index contributed by atoms with van der Waals surface area (Å²) in [6.45, 7) is 0.598. The molecule has 18 heavy (non-hydrogen) atoms. The fourth-order valence-corrected chi connectivity index (χ4v) is 1.68. The Morgan fingerprint density at radius 3 is 2.50 bits per heavy atom. The zero-order chi connectivity index (χ0) is 13.1. The lowest BCUT2D eigenvalue weighted by molar-refractivity contribution is -0.136. The van der Waals surface area contributed by atoms with Crippen molar-refractivity contribution < 1.29 is 19.5 Å². The number of nitrogens with zero attached hydrogens (tertiary/aromatic N) is 2. The summed E-state index contributed by atoms with van der Waals surface area (Å²) in [6.07, 6.45) is 1.25. The molecule has 1 aliphatic rings. The molecule has 1 aliphatic heterocycles. The predicted octanol–water partition coefficient (Wildman–Crippen LogP) is -0.762. The van der Waals surface area contributed by atoms with Crippen LogP contribution in [0.5, 0.6) is 0 Å². The van der Waals surface area contributed by atoms with Crippen LogP contribution in [0.1, 0.15) is 16.1 Å². The van der Waals surface area contributed by atoms with E-state index in [-0.39, 0.29) is 30.5 Å². The van der Waals surface area contributed by atoms with Crippen LogP contribution in [-0.4, -0.2) is 45.9 Å². The Hall–Kier alpha value is -2.28. The molecule has 2 heterocycles. The number of carbonyl (C=O) groups is 3. The number of hydrogen-bond donors (Lipinski definition) is 2. The Bertz CT molecular complexity index is 482. The molecule has 0 bridgehead atoms. The summed E-state index contributed by atoms with van der Waals surface area (Å²) < 4.78 is 0. The Labute approximate surface area is 102 Å². The maximum atomic E-state index is 11.1. The maximum Gasteiger partial charge on any atom is 0.337 e. The SMILES string of the molecule is O=C1CN(Cc2ccc(C(=O)O)cn2)CC(=O)N1. The Morgan fingerprint density at radius 1 is 1.33 bits per heavy atom. The van der Waals surface area contributed by atoms with E-state index in [0.29, 0.717) is 12.2 Å². The van der Waals surface area contributed by atoms with Gasteiger partial charge in [0.05, 0.1) is 24.3 Å². The van der Waals surface area contributed by atoms with Gasteiger partial charge in [-0.3, -0.25) is 24.8 Å². The Kier molecular flexibility index (Phi) is 3.33. The standard InChI is InChI=1S/C11H11N3O4/c15-9-5-14(6-10(16)13-9)4-8-2-1-7(3-12-8)11(17)18/h1-3H,4-6H2,(H,17,18)(H,13,15,16). The first-order valence-corrected chi connectivity index (χ1v) is 5.28. The number of aromatic carboxylic acids is 1. The number of pyridine rings is 1. The third-order valence-corrected chi connectivity index (χ3v) is 2.47. The summed E-state index contributed by atoms with van der Waals surface area (Å²) in [5, 5.41) is 10.9. The highest BCUT2D eigenvalue weighted by atomic mass is 16.4. The third kappa shape index (κ3) is 2.89. The molecule has 1 aromatic rings. The van der Waals surface area contributed by atoms with Gasteiger partial charge in [0.15, 0.2) is 0 Å². The van der Waals surface area contributed by atoms with Gasteiger partial charge in [-0.2, -0.15) is 0 Å². The van der Waals surface area contributed by atoms with Crippen LogP contribution in [0.3, 0.4) is 0 Å². The Balaban J connectivity index is 2.02. The second-order valence-corrected chi connectivity index (χ2v) is 3.96. The van der Waals surface area contributed by atoms with Crippen molar-refractivity contribution in [3.05, 3.63) is 29.6 Å². The van der Waals surface area contributed by atoms with Crippen LogP contribution in [0.15, 0.2) is 18.3 Å². The van der Waals surface area contributed by atoms with Gasteiger partial charge in [-0.05, 0) is 12.1 Å².